The van der Waals surface area contributed by atoms with Gasteiger partial charge in [0.05, 0.1) is 30.3 Å². The van der Waals surface area contributed by atoms with Crippen molar-refractivity contribution in [2.75, 3.05) is 21.3 Å². The number of methoxy groups -OCH3 is 3. The Kier molecular flexibility index (Phi) is 4.36. The lowest BCUT2D eigenvalue weighted by atomic mass is 10.2. The number of nitrogens with zero attached hydrogens (tertiary/aromatic N) is 2. The van der Waals surface area contributed by atoms with E-state index in [-0.39, 0.29) is 5.97 Å². The minimum Gasteiger partial charge on any atom is -0.465 e. The molecule has 2 rings (SSSR count). The molecule has 0 bridgehead atoms. The highest BCUT2D eigenvalue weighted by Gasteiger charge is 2.19. The maximum atomic E-state index is 11.9. The zero-order valence-electron chi connectivity index (χ0n) is 12.0. The van der Waals surface area contributed by atoms with Gasteiger partial charge in [0, 0.05) is 14.2 Å². The van der Waals surface area contributed by atoms with Crippen LogP contribution in [0.15, 0.2) is 18.2 Å². The average molecular weight is 278 g/mol. The summed E-state index contributed by atoms with van der Waals surface area (Å²) in [5.41, 5.74) is 1.96. The molecule has 0 N–H and O–H groups in total. The Bertz CT molecular complexity index is 617. The highest BCUT2D eigenvalue weighted by molar-refractivity contribution is 6.02. The van der Waals surface area contributed by atoms with Crippen molar-refractivity contribution in [2.24, 2.45) is 0 Å². The third-order valence-electron chi connectivity index (χ3n) is 3.22. The molecule has 1 heterocycles. The highest BCUT2D eigenvalue weighted by Crippen LogP contribution is 2.22. The fraction of sp³-hybridized carbons (Fsp3) is 0.429. The summed E-state index contributed by atoms with van der Waals surface area (Å²) in [7, 11) is 4.51. The fourth-order valence-electron chi connectivity index (χ4n) is 2.19. The van der Waals surface area contributed by atoms with E-state index in [9.17, 15) is 4.79 Å². The van der Waals surface area contributed by atoms with E-state index >= 15 is 0 Å². The third kappa shape index (κ3) is 2.52. The SMILES string of the molecule is COC(=O)c1cccc2nc(C)n(CC(OC)OC)c12. The molecule has 0 aliphatic carbocycles. The van der Waals surface area contributed by atoms with Crippen LogP contribution in [0.25, 0.3) is 11.0 Å². The van der Waals surface area contributed by atoms with Crippen LogP contribution in [-0.2, 0) is 20.8 Å². The lowest BCUT2D eigenvalue weighted by molar-refractivity contribution is -0.110. The van der Waals surface area contributed by atoms with E-state index < -0.39 is 6.29 Å². The number of fused-ring (bicyclic) bond motifs is 1. The summed E-state index contributed by atoms with van der Waals surface area (Å²) in [5.74, 6) is 0.401. The molecular formula is C14H18N2O4. The van der Waals surface area contributed by atoms with E-state index in [0.29, 0.717) is 12.1 Å². The van der Waals surface area contributed by atoms with Gasteiger partial charge in [-0.1, -0.05) is 6.07 Å². The van der Waals surface area contributed by atoms with Crippen LogP contribution in [0, 0.1) is 6.92 Å². The van der Waals surface area contributed by atoms with Crippen molar-refractivity contribution in [1.82, 2.24) is 9.55 Å². The van der Waals surface area contributed by atoms with Crippen LogP contribution < -0.4 is 0 Å². The molecule has 6 nitrogen and oxygen atoms in total. The first-order valence-electron chi connectivity index (χ1n) is 6.22. The number of ether oxygens (including phenoxy) is 3. The van der Waals surface area contributed by atoms with Crippen LogP contribution in [0.2, 0.25) is 0 Å². The Balaban J connectivity index is 2.58. The standard InChI is InChI=1S/C14H18N2O4/c1-9-15-11-7-5-6-10(14(17)20-4)13(11)16(9)8-12(18-2)19-3/h5-7,12H,8H2,1-4H3. The van der Waals surface area contributed by atoms with E-state index in [1.807, 2.05) is 17.6 Å². The van der Waals surface area contributed by atoms with Crippen molar-refractivity contribution < 1.29 is 19.0 Å². The van der Waals surface area contributed by atoms with Gasteiger partial charge in [-0.2, -0.15) is 0 Å². The second-order valence-electron chi connectivity index (χ2n) is 4.34. The number of rotatable bonds is 5. The molecule has 0 unspecified atom stereocenters. The molecule has 0 spiro atoms. The van der Waals surface area contributed by atoms with Gasteiger partial charge in [-0.15, -0.1) is 0 Å². The predicted octanol–water partition coefficient (Wildman–Crippen LogP) is 1.75. The number of benzene rings is 1. The van der Waals surface area contributed by atoms with Crippen molar-refractivity contribution in [2.45, 2.75) is 19.8 Å². The Labute approximate surface area is 117 Å². The zero-order chi connectivity index (χ0) is 14.7. The van der Waals surface area contributed by atoms with Crippen molar-refractivity contribution in [3.8, 4) is 0 Å². The maximum absolute atomic E-state index is 11.9. The number of hydrogen-bond donors (Lipinski definition) is 0. The van der Waals surface area contributed by atoms with Gasteiger partial charge in [0.2, 0.25) is 0 Å². The van der Waals surface area contributed by atoms with Gasteiger partial charge in [-0.3, -0.25) is 0 Å². The molecule has 0 saturated heterocycles. The van der Waals surface area contributed by atoms with Crippen molar-refractivity contribution in [1.29, 1.82) is 0 Å². The lowest BCUT2D eigenvalue weighted by Crippen LogP contribution is -2.21. The summed E-state index contributed by atoms with van der Waals surface area (Å²) in [6, 6.07) is 5.37. The summed E-state index contributed by atoms with van der Waals surface area (Å²) in [5, 5.41) is 0. The van der Waals surface area contributed by atoms with Gasteiger partial charge in [0.1, 0.15) is 5.82 Å². The van der Waals surface area contributed by atoms with Crippen LogP contribution in [0.1, 0.15) is 16.2 Å². The molecule has 6 heteroatoms. The first-order valence-corrected chi connectivity index (χ1v) is 6.22. The molecule has 2 aromatic rings. The number of para-hydroxylation sites is 1. The fourth-order valence-corrected chi connectivity index (χ4v) is 2.19. The predicted molar refractivity (Wildman–Crippen MR) is 73.6 cm³/mol. The Hall–Kier alpha value is -1.92. The third-order valence-corrected chi connectivity index (χ3v) is 3.22. The van der Waals surface area contributed by atoms with Crippen molar-refractivity contribution >= 4 is 17.0 Å². The first-order chi connectivity index (χ1) is 9.62. The van der Waals surface area contributed by atoms with E-state index in [1.54, 1.807) is 26.4 Å². The number of carbonyl (C=O) groups is 1. The average Bonchev–Trinajstić information content (AvgIpc) is 2.79. The topological polar surface area (TPSA) is 62.6 Å². The van der Waals surface area contributed by atoms with Crippen LogP contribution in [0.4, 0.5) is 0 Å². The van der Waals surface area contributed by atoms with Gasteiger partial charge in [-0.05, 0) is 19.1 Å². The number of imidazole rings is 1. The molecule has 1 aromatic carbocycles. The molecule has 0 fully saturated rings. The number of hydrogen-bond acceptors (Lipinski definition) is 5. The van der Waals surface area contributed by atoms with E-state index in [1.165, 1.54) is 7.11 Å². The van der Waals surface area contributed by atoms with Crippen LogP contribution in [0.5, 0.6) is 0 Å². The molecule has 0 aliphatic rings. The van der Waals surface area contributed by atoms with E-state index in [4.69, 9.17) is 14.2 Å². The minimum absolute atomic E-state index is 0.386. The van der Waals surface area contributed by atoms with Crippen LogP contribution in [0.3, 0.4) is 0 Å². The minimum atomic E-state index is -0.406. The van der Waals surface area contributed by atoms with Crippen LogP contribution >= 0.6 is 0 Å². The maximum Gasteiger partial charge on any atom is 0.340 e. The molecule has 0 amide bonds. The summed E-state index contributed by atoms with van der Waals surface area (Å²) in [6.07, 6.45) is -0.406. The van der Waals surface area contributed by atoms with Crippen LogP contribution in [-0.4, -0.2) is 43.1 Å². The quantitative estimate of drug-likeness (QED) is 0.616. The Morgan fingerprint density at radius 2 is 2.00 bits per heavy atom. The molecule has 0 aliphatic heterocycles. The van der Waals surface area contributed by atoms with Crippen molar-refractivity contribution in [3.05, 3.63) is 29.6 Å². The molecule has 1 aromatic heterocycles. The van der Waals surface area contributed by atoms with Gasteiger partial charge in [0.15, 0.2) is 6.29 Å². The smallest absolute Gasteiger partial charge is 0.340 e. The summed E-state index contributed by atoms with van der Waals surface area (Å²) in [4.78, 5) is 16.3. The molecule has 0 atom stereocenters. The van der Waals surface area contributed by atoms with Crippen molar-refractivity contribution in [3.63, 3.8) is 0 Å². The molecule has 108 valence electrons. The Morgan fingerprint density at radius 1 is 1.30 bits per heavy atom. The number of carbonyl (C=O) groups excluding carboxylic acids is 1. The molecule has 0 saturated carbocycles. The molecule has 20 heavy (non-hydrogen) atoms. The molecular weight excluding hydrogens is 260 g/mol. The zero-order valence-corrected chi connectivity index (χ0v) is 12.0. The highest BCUT2D eigenvalue weighted by atomic mass is 16.7. The normalized spacial score (nSPS) is 11.2. The molecule has 0 radical (unpaired) electrons. The van der Waals surface area contributed by atoms with Gasteiger partial charge >= 0.3 is 5.97 Å². The summed E-state index contributed by atoms with van der Waals surface area (Å²) >= 11 is 0. The monoisotopic (exact) mass is 278 g/mol. The van der Waals surface area contributed by atoms with E-state index in [2.05, 4.69) is 4.98 Å². The number of aryl methyl sites for hydroxylation is 1. The number of esters is 1. The summed E-state index contributed by atoms with van der Waals surface area (Å²) in [6.45, 7) is 2.33. The summed E-state index contributed by atoms with van der Waals surface area (Å²) < 4.78 is 17.2. The van der Waals surface area contributed by atoms with E-state index in [0.717, 1.165) is 16.9 Å². The largest absolute Gasteiger partial charge is 0.465 e. The second kappa shape index (κ2) is 6.02. The Morgan fingerprint density at radius 3 is 2.60 bits per heavy atom. The van der Waals surface area contributed by atoms with Gasteiger partial charge in [-0.25, -0.2) is 9.78 Å². The number of aromatic nitrogens is 2. The first kappa shape index (κ1) is 14.5. The van der Waals surface area contributed by atoms with Gasteiger partial charge < -0.3 is 18.8 Å². The lowest BCUT2D eigenvalue weighted by Gasteiger charge is -2.16. The second-order valence-corrected chi connectivity index (χ2v) is 4.34. The van der Waals surface area contributed by atoms with Gasteiger partial charge in [0.25, 0.3) is 0 Å².